The van der Waals surface area contributed by atoms with Crippen molar-refractivity contribution in [3.8, 4) is 0 Å². The van der Waals surface area contributed by atoms with Gasteiger partial charge in [-0.15, -0.1) is 0 Å². The Balaban J connectivity index is 1.57. The van der Waals surface area contributed by atoms with Crippen LogP contribution in [0, 0.1) is 0 Å². The van der Waals surface area contributed by atoms with Gasteiger partial charge >= 0.3 is 0 Å². The molecule has 2 atom stereocenters. The largest absolute Gasteiger partial charge is 0.390 e. The van der Waals surface area contributed by atoms with Crippen LogP contribution < -0.4 is 5.32 Å². The summed E-state index contributed by atoms with van der Waals surface area (Å²) in [5.74, 6) is -0.291. The van der Waals surface area contributed by atoms with Gasteiger partial charge in [-0.25, -0.2) is 4.98 Å². The lowest BCUT2D eigenvalue weighted by molar-refractivity contribution is 0.0377. The molecule has 3 heterocycles. The van der Waals surface area contributed by atoms with Crippen molar-refractivity contribution in [1.29, 1.82) is 0 Å². The van der Waals surface area contributed by atoms with Crippen molar-refractivity contribution >= 4 is 5.91 Å². The molecule has 21 heavy (non-hydrogen) atoms. The summed E-state index contributed by atoms with van der Waals surface area (Å²) >= 11 is 0. The lowest BCUT2D eigenvalue weighted by Crippen LogP contribution is -2.44. The van der Waals surface area contributed by atoms with Crippen molar-refractivity contribution in [1.82, 2.24) is 20.2 Å². The molecule has 7 nitrogen and oxygen atoms in total. The molecule has 3 rings (SSSR count). The lowest BCUT2D eigenvalue weighted by Gasteiger charge is -2.30. The number of carbonyl (C=O) groups is 1. The molecule has 2 fully saturated rings. The minimum Gasteiger partial charge on any atom is -0.390 e. The molecule has 0 saturated carbocycles. The Hall–Kier alpha value is -1.57. The van der Waals surface area contributed by atoms with Crippen LogP contribution in [0.3, 0.4) is 0 Å². The van der Waals surface area contributed by atoms with Crippen molar-refractivity contribution in [2.75, 3.05) is 26.3 Å². The van der Waals surface area contributed by atoms with Gasteiger partial charge in [0.25, 0.3) is 5.91 Å². The summed E-state index contributed by atoms with van der Waals surface area (Å²) in [7, 11) is 0. The van der Waals surface area contributed by atoms with Crippen LogP contribution in [0.15, 0.2) is 18.6 Å². The Kier molecular flexibility index (Phi) is 4.42. The number of likely N-dealkylation sites (tertiary alicyclic amines) is 1. The van der Waals surface area contributed by atoms with Crippen LogP contribution in [-0.2, 0) is 4.74 Å². The summed E-state index contributed by atoms with van der Waals surface area (Å²) in [6, 6.07) is 0.175. The second-order valence-corrected chi connectivity index (χ2v) is 5.54. The number of β-amino-alcohol motifs (C(OH)–C–C–N with tert-alkyl or cyclic N) is 1. The van der Waals surface area contributed by atoms with Crippen molar-refractivity contribution in [2.24, 2.45) is 0 Å². The van der Waals surface area contributed by atoms with Gasteiger partial charge in [-0.2, -0.15) is 0 Å². The maximum absolute atomic E-state index is 12.1. The molecule has 1 aromatic rings. The number of nitrogens with one attached hydrogen (secondary N) is 1. The fraction of sp³-hybridized carbons (Fsp3) is 0.643. The normalized spacial score (nSPS) is 27.7. The van der Waals surface area contributed by atoms with Gasteiger partial charge in [-0.3, -0.25) is 14.7 Å². The zero-order valence-electron chi connectivity index (χ0n) is 11.8. The van der Waals surface area contributed by atoms with Crippen LogP contribution >= 0.6 is 0 Å². The predicted octanol–water partition coefficient (Wildman–Crippen LogP) is -0.569. The topological polar surface area (TPSA) is 87.6 Å². The summed E-state index contributed by atoms with van der Waals surface area (Å²) in [4.78, 5) is 22.2. The lowest BCUT2D eigenvalue weighted by atomic mass is 10.1. The molecule has 114 valence electrons. The molecule has 2 saturated heterocycles. The van der Waals surface area contributed by atoms with E-state index in [9.17, 15) is 9.90 Å². The zero-order valence-corrected chi connectivity index (χ0v) is 11.8. The molecule has 2 aliphatic rings. The SMILES string of the molecule is O=C(N[C@@H]1CN(C2CCOCC2)C[C@H]1O)c1cnccn1. The standard InChI is InChI=1S/C14H20N4O3/c19-13-9-18(10-1-5-21-6-2-10)8-12(13)17-14(20)11-7-15-3-4-16-11/h3-4,7,10,12-13,19H,1-2,5-6,8-9H2,(H,17,20)/t12-,13-/m1/s1. The molecule has 0 bridgehead atoms. The van der Waals surface area contributed by atoms with Gasteiger partial charge in [-0.1, -0.05) is 0 Å². The number of hydrogen-bond acceptors (Lipinski definition) is 6. The highest BCUT2D eigenvalue weighted by atomic mass is 16.5. The molecule has 0 aliphatic carbocycles. The Morgan fingerprint density at radius 2 is 2.14 bits per heavy atom. The number of hydrogen-bond donors (Lipinski definition) is 2. The minimum atomic E-state index is -0.548. The second-order valence-electron chi connectivity index (χ2n) is 5.54. The number of aromatic nitrogens is 2. The van der Waals surface area contributed by atoms with Crippen LogP contribution in [0.25, 0.3) is 0 Å². The molecular weight excluding hydrogens is 272 g/mol. The third kappa shape index (κ3) is 3.37. The van der Waals surface area contributed by atoms with E-state index in [0.29, 0.717) is 19.1 Å². The van der Waals surface area contributed by atoms with Gasteiger partial charge in [-0.05, 0) is 12.8 Å². The maximum Gasteiger partial charge on any atom is 0.271 e. The van der Waals surface area contributed by atoms with E-state index < -0.39 is 6.10 Å². The third-order valence-electron chi connectivity index (χ3n) is 4.14. The van der Waals surface area contributed by atoms with E-state index in [1.807, 2.05) is 0 Å². The number of ether oxygens (including phenoxy) is 1. The van der Waals surface area contributed by atoms with Crippen LogP contribution in [0.5, 0.6) is 0 Å². The molecular formula is C14H20N4O3. The third-order valence-corrected chi connectivity index (χ3v) is 4.14. The first-order valence-electron chi connectivity index (χ1n) is 7.31. The van der Waals surface area contributed by atoms with E-state index in [1.54, 1.807) is 0 Å². The predicted molar refractivity (Wildman–Crippen MR) is 74.7 cm³/mol. The molecule has 2 N–H and O–H groups in total. The number of carbonyl (C=O) groups excluding carboxylic acids is 1. The summed E-state index contributed by atoms with van der Waals surface area (Å²) in [6.45, 7) is 2.80. The first-order chi connectivity index (χ1) is 10.2. The Morgan fingerprint density at radius 1 is 1.33 bits per heavy atom. The first-order valence-corrected chi connectivity index (χ1v) is 7.31. The van der Waals surface area contributed by atoms with E-state index in [-0.39, 0.29) is 17.6 Å². The minimum absolute atomic E-state index is 0.262. The number of aliphatic hydroxyl groups is 1. The summed E-state index contributed by atoms with van der Waals surface area (Å²) in [5.41, 5.74) is 0.272. The molecule has 0 aromatic carbocycles. The Bertz CT molecular complexity index is 478. The van der Waals surface area contributed by atoms with Crippen molar-refractivity contribution in [2.45, 2.75) is 31.0 Å². The molecule has 2 aliphatic heterocycles. The second kappa shape index (κ2) is 6.46. The molecule has 0 unspecified atom stereocenters. The van der Waals surface area contributed by atoms with E-state index in [2.05, 4.69) is 20.2 Å². The number of nitrogens with zero attached hydrogens (tertiary/aromatic N) is 3. The van der Waals surface area contributed by atoms with Gasteiger partial charge in [0.05, 0.1) is 18.3 Å². The highest BCUT2D eigenvalue weighted by Gasteiger charge is 2.36. The zero-order chi connectivity index (χ0) is 14.7. The molecule has 1 aromatic heterocycles. The average molecular weight is 292 g/mol. The fourth-order valence-electron chi connectivity index (χ4n) is 2.97. The van der Waals surface area contributed by atoms with Crippen molar-refractivity contribution in [3.63, 3.8) is 0 Å². The maximum atomic E-state index is 12.1. The Morgan fingerprint density at radius 3 is 2.86 bits per heavy atom. The highest BCUT2D eigenvalue weighted by Crippen LogP contribution is 2.20. The van der Waals surface area contributed by atoms with E-state index in [4.69, 9.17) is 4.74 Å². The Labute approximate surface area is 123 Å². The van der Waals surface area contributed by atoms with Crippen LogP contribution in [0.2, 0.25) is 0 Å². The molecule has 7 heteroatoms. The van der Waals surface area contributed by atoms with E-state index in [0.717, 1.165) is 26.1 Å². The van der Waals surface area contributed by atoms with Gasteiger partial charge in [0.15, 0.2) is 0 Å². The van der Waals surface area contributed by atoms with Crippen LogP contribution in [0.4, 0.5) is 0 Å². The molecule has 0 spiro atoms. The molecule has 0 radical (unpaired) electrons. The van der Waals surface area contributed by atoms with Crippen molar-refractivity contribution in [3.05, 3.63) is 24.3 Å². The fourth-order valence-corrected chi connectivity index (χ4v) is 2.97. The highest BCUT2D eigenvalue weighted by molar-refractivity contribution is 5.92. The quantitative estimate of drug-likeness (QED) is 0.776. The summed E-state index contributed by atoms with van der Waals surface area (Å²) in [5, 5.41) is 13.0. The smallest absolute Gasteiger partial charge is 0.271 e. The average Bonchev–Trinajstić information content (AvgIpc) is 2.90. The van der Waals surface area contributed by atoms with E-state index in [1.165, 1.54) is 18.6 Å². The first kappa shape index (κ1) is 14.4. The van der Waals surface area contributed by atoms with E-state index >= 15 is 0 Å². The monoisotopic (exact) mass is 292 g/mol. The number of amides is 1. The van der Waals surface area contributed by atoms with Crippen LogP contribution in [-0.4, -0.2) is 70.4 Å². The van der Waals surface area contributed by atoms with Crippen LogP contribution in [0.1, 0.15) is 23.3 Å². The van der Waals surface area contributed by atoms with Gasteiger partial charge in [0.1, 0.15) is 5.69 Å². The number of aliphatic hydroxyl groups excluding tert-OH is 1. The van der Waals surface area contributed by atoms with Gasteiger partial charge in [0, 0.05) is 44.7 Å². The summed E-state index contributed by atoms with van der Waals surface area (Å²) < 4.78 is 5.36. The summed E-state index contributed by atoms with van der Waals surface area (Å²) in [6.07, 6.45) is 5.85. The molecule has 1 amide bonds. The van der Waals surface area contributed by atoms with Gasteiger partial charge in [0.2, 0.25) is 0 Å². The van der Waals surface area contributed by atoms with Crippen molar-refractivity contribution < 1.29 is 14.6 Å². The van der Waals surface area contributed by atoms with Gasteiger partial charge < -0.3 is 15.2 Å². The number of rotatable bonds is 3.